The van der Waals surface area contributed by atoms with Crippen LogP contribution in [0, 0.1) is 5.92 Å². The lowest BCUT2D eigenvalue weighted by Gasteiger charge is -2.07. The van der Waals surface area contributed by atoms with E-state index in [1.54, 1.807) is 0 Å². The van der Waals surface area contributed by atoms with E-state index in [-0.39, 0.29) is 0 Å². The van der Waals surface area contributed by atoms with E-state index in [9.17, 15) is 4.79 Å². The predicted octanol–water partition coefficient (Wildman–Crippen LogP) is 3.28. The summed E-state index contributed by atoms with van der Waals surface area (Å²) in [6, 6.07) is 8.18. The third kappa shape index (κ3) is 4.35. The van der Waals surface area contributed by atoms with Crippen LogP contribution in [0.5, 0.6) is 0 Å². The molecule has 1 aromatic carbocycles. The summed E-state index contributed by atoms with van der Waals surface area (Å²) < 4.78 is 0. The van der Waals surface area contributed by atoms with Crippen LogP contribution >= 0.6 is 15.9 Å². The van der Waals surface area contributed by atoms with Crippen molar-refractivity contribution in [1.29, 1.82) is 0 Å². The highest BCUT2D eigenvalue weighted by Crippen LogP contribution is 2.13. The quantitative estimate of drug-likeness (QED) is 0.843. The molecule has 88 valence electrons. The van der Waals surface area contributed by atoms with Gasteiger partial charge in [0.1, 0.15) is 4.83 Å². The van der Waals surface area contributed by atoms with Gasteiger partial charge in [0, 0.05) is 0 Å². The third-order valence-electron chi connectivity index (χ3n) is 2.35. The molecule has 0 spiro atoms. The first-order valence-electron chi connectivity index (χ1n) is 5.43. The molecule has 0 amide bonds. The first-order valence-corrected chi connectivity index (χ1v) is 6.35. The van der Waals surface area contributed by atoms with Gasteiger partial charge in [0.2, 0.25) is 0 Å². The number of aliphatic carboxylic acids is 1. The summed E-state index contributed by atoms with van der Waals surface area (Å²) in [5.74, 6) is -0.167. The molecule has 0 saturated carbocycles. The lowest BCUT2D eigenvalue weighted by molar-refractivity contribution is -0.136. The minimum Gasteiger partial charge on any atom is -0.480 e. The van der Waals surface area contributed by atoms with Crippen LogP contribution in [0.15, 0.2) is 24.3 Å². The number of carboxylic acid groups (broad SMARTS) is 1. The molecule has 1 aromatic rings. The Balaban J connectivity index is 2.61. The number of benzene rings is 1. The van der Waals surface area contributed by atoms with Crippen molar-refractivity contribution in [2.24, 2.45) is 5.92 Å². The first-order chi connectivity index (χ1) is 7.49. The van der Waals surface area contributed by atoms with Gasteiger partial charge in [-0.25, -0.2) is 0 Å². The third-order valence-corrected chi connectivity index (χ3v) is 3.07. The molecule has 0 bridgehead atoms. The van der Waals surface area contributed by atoms with E-state index in [0.29, 0.717) is 12.3 Å². The Morgan fingerprint density at radius 2 is 1.62 bits per heavy atom. The lowest BCUT2D eigenvalue weighted by Crippen LogP contribution is -2.15. The summed E-state index contributed by atoms with van der Waals surface area (Å²) in [4.78, 5) is 10.2. The van der Waals surface area contributed by atoms with Gasteiger partial charge in [-0.05, 0) is 29.9 Å². The summed E-state index contributed by atoms with van der Waals surface area (Å²) in [6.07, 6.45) is 1.59. The van der Waals surface area contributed by atoms with Crippen LogP contribution in [0.4, 0.5) is 0 Å². The minimum absolute atomic E-state index is 0.497. The smallest absolute Gasteiger partial charge is 0.317 e. The Hall–Kier alpha value is -0.830. The van der Waals surface area contributed by atoms with Crippen molar-refractivity contribution in [3.63, 3.8) is 0 Å². The van der Waals surface area contributed by atoms with Crippen molar-refractivity contribution in [3.8, 4) is 0 Å². The average Bonchev–Trinajstić information content (AvgIpc) is 2.20. The predicted molar refractivity (Wildman–Crippen MR) is 69.0 cm³/mol. The fourth-order valence-corrected chi connectivity index (χ4v) is 1.95. The van der Waals surface area contributed by atoms with Crippen molar-refractivity contribution < 1.29 is 9.90 Å². The van der Waals surface area contributed by atoms with Gasteiger partial charge < -0.3 is 5.11 Å². The number of carboxylic acids is 1. The van der Waals surface area contributed by atoms with Crippen molar-refractivity contribution in [2.45, 2.75) is 31.5 Å². The number of rotatable bonds is 5. The molecule has 3 heteroatoms. The van der Waals surface area contributed by atoms with E-state index in [0.717, 1.165) is 12.0 Å². The number of halogens is 1. The molecule has 0 saturated heterocycles. The fourth-order valence-electron chi connectivity index (χ4n) is 1.58. The van der Waals surface area contributed by atoms with Gasteiger partial charge in [0.25, 0.3) is 0 Å². The highest BCUT2D eigenvalue weighted by molar-refractivity contribution is 9.10. The Morgan fingerprint density at radius 3 is 2.00 bits per heavy atom. The van der Waals surface area contributed by atoms with Gasteiger partial charge >= 0.3 is 5.97 Å². The molecular formula is C13H17BrO2. The first kappa shape index (κ1) is 13.2. The number of alkyl halides is 1. The summed E-state index contributed by atoms with van der Waals surface area (Å²) >= 11 is 3.14. The van der Waals surface area contributed by atoms with Crippen LogP contribution in [0.1, 0.15) is 25.0 Å². The molecule has 0 aliphatic heterocycles. The van der Waals surface area contributed by atoms with Crippen LogP contribution in [0.2, 0.25) is 0 Å². The van der Waals surface area contributed by atoms with Crippen LogP contribution < -0.4 is 0 Å². The van der Waals surface area contributed by atoms with E-state index >= 15 is 0 Å². The molecule has 16 heavy (non-hydrogen) atoms. The van der Waals surface area contributed by atoms with Crippen LogP contribution in [0.25, 0.3) is 0 Å². The Morgan fingerprint density at radius 1 is 1.19 bits per heavy atom. The summed E-state index contributed by atoms with van der Waals surface area (Å²) in [5, 5.41) is 8.77. The van der Waals surface area contributed by atoms with Gasteiger partial charge in [0.15, 0.2) is 0 Å². The zero-order valence-corrected chi connectivity index (χ0v) is 11.2. The standard InChI is InChI=1S/C13H17BrO2/c1-9(2)7-10-3-5-11(6-4-10)8-12(14)13(15)16/h3-6,9,12H,7-8H2,1-2H3,(H,15,16). The highest BCUT2D eigenvalue weighted by atomic mass is 79.9. The number of hydrogen-bond acceptors (Lipinski definition) is 1. The molecule has 0 fully saturated rings. The van der Waals surface area contributed by atoms with Crippen molar-refractivity contribution in [3.05, 3.63) is 35.4 Å². The minimum atomic E-state index is -0.814. The number of hydrogen-bond donors (Lipinski definition) is 1. The molecule has 0 aliphatic carbocycles. The Labute approximate surface area is 105 Å². The number of carbonyl (C=O) groups is 1. The second-order valence-electron chi connectivity index (χ2n) is 4.42. The topological polar surface area (TPSA) is 37.3 Å². The zero-order valence-electron chi connectivity index (χ0n) is 9.61. The molecular weight excluding hydrogens is 268 g/mol. The SMILES string of the molecule is CC(C)Cc1ccc(CC(Br)C(=O)O)cc1. The monoisotopic (exact) mass is 284 g/mol. The normalized spacial score (nSPS) is 12.8. The van der Waals surface area contributed by atoms with E-state index < -0.39 is 10.8 Å². The average molecular weight is 285 g/mol. The molecule has 2 nitrogen and oxygen atoms in total. The molecule has 1 atom stereocenters. The zero-order chi connectivity index (χ0) is 12.1. The van der Waals surface area contributed by atoms with E-state index in [2.05, 4.69) is 41.9 Å². The second kappa shape index (κ2) is 6.04. The van der Waals surface area contributed by atoms with Crippen molar-refractivity contribution in [2.75, 3.05) is 0 Å². The highest BCUT2D eigenvalue weighted by Gasteiger charge is 2.13. The molecule has 0 aromatic heterocycles. The molecule has 1 rings (SSSR count). The lowest BCUT2D eigenvalue weighted by atomic mass is 10.0. The second-order valence-corrected chi connectivity index (χ2v) is 5.53. The summed E-state index contributed by atoms with van der Waals surface area (Å²) in [6.45, 7) is 4.37. The van der Waals surface area contributed by atoms with Crippen molar-refractivity contribution in [1.82, 2.24) is 0 Å². The van der Waals surface area contributed by atoms with Gasteiger partial charge in [-0.1, -0.05) is 54.0 Å². The van der Waals surface area contributed by atoms with Gasteiger partial charge in [0.05, 0.1) is 0 Å². The summed E-state index contributed by atoms with van der Waals surface area (Å²) in [5.41, 5.74) is 2.36. The molecule has 0 heterocycles. The molecule has 0 aliphatic rings. The van der Waals surface area contributed by atoms with Crippen LogP contribution in [0.3, 0.4) is 0 Å². The maximum Gasteiger partial charge on any atom is 0.317 e. The van der Waals surface area contributed by atoms with E-state index in [1.165, 1.54) is 5.56 Å². The van der Waals surface area contributed by atoms with Gasteiger partial charge in [-0.2, -0.15) is 0 Å². The van der Waals surface area contributed by atoms with E-state index in [4.69, 9.17) is 5.11 Å². The maximum atomic E-state index is 10.7. The van der Waals surface area contributed by atoms with Crippen molar-refractivity contribution >= 4 is 21.9 Å². The Kier molecular flexibility index (Phi) is 5.00. The van der Waals surface area contributed by atoms with Crippen LogP contribution in [-0.2, 0) is 17.6 Å². The van der Waals surface area contributed by atoms with Gasteiger partial charge in [-0.15, -0.1) is 0 Å². The van der Waals surface area contributed by atoms with E-state index in [1.807, 2.05) is 12.1 Å². The van der Waals surface area contributed by atoms with Crippen LogP contribution in [-0.4, -0.2) is 15.9 Å². The molecule has 1 N–H and O–H groups in total. The molecule has 1 unspecified atom stereocenters. The van der Waals surface area contributed by atoms with Gasteiger partial charge in [-0.3, -0.25) is 4.79 Å². The largest absolute Gasteiger partial charge is 0.480 e. The molecule has 0 radical (unpaired) electrons. The Bertz CT molecular complexity index is 343. The summed E-state index contributed by atoms with van der Waals surface area (Å²) in [7, 11) is 0. The fraction of sp³-hybridized carbons (Fsp3) is 0.462. The maximum absolute atomic E-state index is 10.7.